The summed E-state index contributed by atoms with van der Waals surface area (Å²) < 4.78 is 0. The lowest BCUT2D eigenvalue weighted by Gasteiger charge is -2.32. The summed E-state index contributed by atoms with van der Waals surface area (Å²) in [5, 5.41) is 19.1. The largest absolute Gasteiger partial charge is 0.481 e. The molecule has 0 radical (unpaired) electrons. The van der Waals surface area contributed by atoms with Gasteiger partial charge in [0.1, 0.15) is 0 Å². The van der Waals surface area contributed by atoms with Crippen molar-refractivity contribution in [2.24, 2.45) is 0 Å². The second-order valence-corrected chi connectivity index (χ2v) is 5.84. The SMILES string of the molecule is CN(C(=O)CCC(=O)O)[C@@H]1CC[C@@H](N2CCCC2)[C@@H]1O. The van der Waals surface area contributed by atoms with E-state index in [1.807, 2.05) is 0 Å². The van der Waals surface area contributed by atoms with Crippen LogP contribution in [0.5, 0.6) is 0 Å². The molecule has 3 atom stereocenters. The minimum atomic E-state index is -0.964. The molecule has 1 aliphatic heterocycles. The van der Waals surface area contributed by atoms with Gasteiger partial charge in [0.2, 0.25) is 5.91 Å². The zero-order valence-electron chi connectivity index (χ0n) is 12.0. The number of hydrogen-bond donors (Lipinski definition) is 2. The van der Waals surface area contributed by atoms with Crippen LogP contribution in [0.15, 0.2) is 0 Å². The molecule has 0 spiro atoms. The van der Waals surface area contributed by atoms with Crippen LogP contribution in [0, 0.1) is 0 Å². The van der Waals surface area contributed by atoms with Gasteiger partial charge in [0, 0.05) is 19.5 Å². The van der Waals surface area contributed by atoms with E-state index < -0.39 is 12.1 Å². The van der Waals surface area contributed by atoms with Crippen LogP contribution >= 0.6 is 0 Å². The Bertz CT molecular complexity index is 368. The topological polar surface area (TPSA) is 81.1 Å². The summed E-state index contributed by atoms with van der Waals surface area (Å²) in [4.78, 5) is 26.3. The van der Waals surface area contributed by atoms with Crippen LogP contribution < -0.4 is 0 Å². The first-order chi connectivity index (χ1) is 9.50. The second kappa shape index (κ2) is 6.54. The van der Waals surface area contributed by atoms with Gasteiger partial charge in [-0.1, -0.05) is 0 Å². The number of hydrogen-bond acceptors (Lipinski definition) is 4. The molecule has 2 N–H and O–H groups in total. The smallest absolute Gasteiger partial charge is 0.303 e. The molecule has 0 aromatic rings. The van der Waals surface area contributed by atoms with Crippen molar-refractivity contribution in [1.82, 2.24) is 9.80 Å². The van der Waals surface area contributed by atoms with E-state index >= 15 is 0 Å². The van der Waals surface area contributed by atoms with Gasteiger partial charge in [0.15, 0.2) is 0 Å². The molecule has 114 valence electrons. The van der Waals surface area contributed by atoms with E-state index in [1.165, 1.54) is 12.8 Å². The molecule has 6 nitrogen and oxygen atoms in total. The van der Waals surface area contributed by atoms with Crippen LogP contribution in [0.4, 0.5) is 0 Å². The maximum atomic E-state index is 11.9. The first-order valence-electron chi connectivity index (χ1n) is 7.40. The van der Waals surface area contributed by atoms with Gasteiger partial charge in [-0.25, -0.2) is 0 Å². The summed E-state index contributed by atoms with van der Waals surface area (Å²) in [5.74, 6) is -1.16. The average Bonchev–Trinajstić information content (AvgIpc) is 3.04. The first-order valence-corrected chi connectivity index (χ1v) is 7.40. The summed E-state index contributed by atoms with van der Waals surface area (Å²) in [5.41, 5.74) is 0. The predicted molar refractivity (Wildman–Crippen MR) is 73.3 cm³/mol. The van der Waals surface area contributed by atoms with Crippen molar-refractivity contribution in [3.63, 3.8) is 0 Å². The zero-order valence-corrected chi connectivity index (χ0v) is 12.0. The third kappa shape index (κ3) is 3.30. The van der Waals surface area contributed by atoms with Crippen LogP contribution in [-0.2, 0) is 9.59 Å². The van der Waals surface area contributed by atoms with Crippen LogP contribution in [0.3, 0.4) is 0 Å². The molecule has 1 saturated carbocycles. The number of rotatable bonds is 5. The number of likely N-dealkylation sites (N-methyl/N-ethyl adjacent to an activating group) is 1. The minimum absolute atomic E-state index is 0.00341. The van der Waals surface area contributed by atoms with E-state index in [2.05, 4.69) is 4.90 Å². The lowest BCUT2D eigenvalue weighted by Crippen LogP contribution is -2.48. The highest BCUT2D eigenvalue weighted by Crippen LogP contribution is 2.30. The molecule has 2 rings (SSSR count). The number of aliphatic hydroxyl groups is 1. The molecule has 0 aromatic heterocycles. The third-order valence-electron chi connectivity index (χ3n) is 4.60. The lowest BCUT2D eigenvalue weighted by molar-refractivity contribution is -0.141. The Kier molecular flexibility index (Phi) is 4.99. The summed E-state index contributed by atoms with van der Waals surface area (Å²) >= 11 is 0. The van der Waals surface area contributed by atoms with Crippen LogP contribution in [-0.4, -0.2) is 70.2 Å². The van der Waals surface area contributed by atoms with Gasteiger partial charge in [-0.2, -0.15) is 0 Å². The monoisotopic (exact) mass is 284 g/mol. The fraction of sp³-hybridized carbons (Fsp3) is 0.857. The van der Waals surface area contributed by atoms with Gasteiger partial charge < -0.3 is 15.1 Å². The quantitative estimate of drug-likeness (QED) is 0.759. The third-order valence-corrected chi connectivity index (χ3v) is 4.60. The van der Waals surface area contributed by atoms with E-state index in [4.69, 9.17) is 5.11 Å². The molecule has 1 heterocycles. The van der Waals surface area contributed by atoms with Gasteiger partial charge in [0.05, 0.1) is 18.6 Å². The number of aliphatic carboxylic acids is 1. The molecule has 1 saturated heterocycles. The Balaban J connectivity index is 1.89. The molecular formula is C14H24N2O4. The Morgan fingerprint density at radius 2 is 1.85 bits per heavy atom. The van der Waals surface area contributed by atoms with E-state index in [0.717, 1.165) is 25.9 Å². The van der Waals surface area contributed by atoms with Crippen molar-refractivity contribution in [3.05, 3.63) is 0 Å². The highest BCUT2D eigenvalue weighted by Gasteiger charge is 2.41. The molecule has 2 fully saturated rings. The zero-order chi connectivity index (χ0) is 14.7. The van der Waals surface area contributed by atoms with Crippen molar-refractivity contribution < 1.29 is 19.8 Å². The summed E-state index contributed by atoms with van der Waals surface area (Å²) in [7, 11) is 1.67. The Morgan fingerprint density at radius 1 is 1.20 bits per heavy atom. The van der Waals surface area contributed by atoms with Gasteiger partial charge in [-0.15, -0.1) is 0 Å². The van der Waals surface area contributed by atoms with E-state index in [9.17, 15) is 14.7 Å². The number of carboxylic acid groups (broad SMARTS) is 1. The maximum Gasteiger partial charge on any atom is 0.303 e. The van der Waals surface area contributed by atoms with E-state index in [1.54, 1.807) is 11.9 Å². The fourth-order valence-corrected chi connectivity index (χ4v) is 3.41. The number of amides is 1. The van der Waals surface area contributed by atoms with Crippen LogP contribution in [0.2, 0.25) is 0 Å². The average molecular weight is 284 g/mol. The van der Waals surface area contributed by atoms with Gasteiger partial charge in [-0.3, -0.25) is 14.5 Å². The Labute approximate surface area is 119 Å². The first kappa shape index (κ1) is 15.3. The molecule has 1 aliphatic carbocycles. The molecule has 6 heteroatoms. The molecule has 0 aromatic carbocycles. The molecule has 0 bridgehead atoms. The van der Waals surface area contributed by atoms with Gasteiger partial charge >= 0.3 is 5.97 Å². The molecule has 20 heavy (non-hydrogen) atoms. The standard InChI is InChI=1S/C14H24N2O4/c1-15(12(17)6-7-13(18)19)10-4-5-11(14(10)20)16-8-2-3-9-16/h10-11,14,20H,2-9H2,1H3,(H,18,19)/t10-,11-,14-/m1/s1. The maximum absolute atomic E-state index is 11.9. The predicted octanol–water partition coefficient (Wildman–Crippen LogP) is 0.297. The van der Waals surface area contributed by atoms with Crippen LogP contribution in [0.25, 0.3) is 0 Å². The normalized spacial score (nSPS) is 30.6. The van der Waals surface area contributed by atoms with E-state index in [-0.39, 0.29) is 30.8 Å². The van der Waals surface area contributed by atoms with Crippen LogP contribution in [0.1, 0.15) is 38.5 Å². The number of carbonyl (C=O) groups is 2. The lowest BCUT2D eigenvalue weighted by atomic mass is 10.1. The van der Waals surface area contributed by atoms with Gasteiger partial charge in [0.25, 0.3) is 0 Å². The Hall–Kier alpha value is -1.14. The highest BCUT2D eigenvalue weighted by molar-refractivity contribution is 5.80. The molecule has 2 aliphatic rings. The number of aliphatic hydroxyl groups excluding tert-OH is 1. The summed E-state index contributed by atoms with van der Waals surface area (Å²) in [6, 6.07) is -0.0286. The molecular weight excluding hydrogens is 260 g/mol. The van der Waals surface area contributed by atoms with E-state index in [0.29, 0.717) is 0 Å². The fourth-order valence-electron chi connectivity index (χ4n) is 3.41. The number of carboxylic acids is 1. The van der Waals surface area contributed by atoms with Crippen molar-refractivity contribution in [3.8, 4) is 0 Å². The minimum Gasteiger partial charge on any atom is -0.481 e. The summed E-state index contributed by atoms with van der Waals surface area (Å²) in [6.45, 7) is 2.07. The number of carbonyl (C=O) groups excluding carboxylic acids is 1. The van der Waals surface area contributed by atoms with Crippen molar-refractivity contribution in [1.29, 1.82) is 0 Å². The molecule has 1 amide bonds. The highest BCUT2D eigenvalue weighted by atomic mass is 16.4. The van der Waals surface area contributed by atoms with Gasteiger partial charge in [-0.05, 0) is 38.8 Å². The molecule has 0 unspecified atom stereocenters. The summed E-state index contributed by atoms with van der Waals surface area (Å²) in [6.07, 6.45) is 3.39. The number of nitrogens with zero attached hydrogens (tertiary/aromatic N) is 2. The second-order valence-electron chi connectivity index (χ2n) is 5.84. The van der Waals surface area contributed by atoms with Crippen molar-refractivity contribution in [2.45, 2.75) is 56.7 Å². The van der Waals surface area contributed by atoms with Crippen molar-refractivity contribution >= 4 is 11.9 Å². The number of likely N-dealkylation sites (tertiary alicyclic amines) is 1. The van der Waals surface area contributed by atoms with Crippen molar-refractivity contribution in [2.75, 3.05) is 20.1 Å². The Morgan fingerprint density at radius 3 is 2.45 bits per heavy atom.